The first-order valence-electron chi connectivity index (χ1n) is 9.09. The molecule has 2 aromatic rings. The zero-order valence-electron chi connectivity index (χ0n) is 16.1. The summed E-state index contributed by atoms with van der Waals surface area (Å²) < 4.78 is 11.1. The largest absolute Gasteiger partial charge is 0.494 e. The lowest BCUT2D eigenvalue weighted by molar-refractivity contribution is -0.383. The van der Waals surface area contributed by atoms with Gasteiger partial charge in [0.25, 0.3) is 0 Å². The van der Waals surface area contributed by atoms with Crippen molar-refractivity contribution in [2.24, 2.45) is 0 Å². The second-order valence-electron chi connectivity index (χ2n) is 6.61. The maximum absolute atomic E-state index is 11.5. The minimum Gasteiger partial charge on any atom is -0.494 e. The van der Waals surface area contributed by atoms with Gasteiger partial charge in [0.15, 0.2) is 0 Å². The van der Waals surface area contributed by atoms with Gasteiger partial charge < -0.3 is 25.4 Å². The average molecular weight is 388 g/mol. The molecule has 1 aromatic carbocycles. The lowest BCUT2D eigenvalue weighted by Crippen LogP contribution is -2.46. The molecule has 10 heteroatoms. The van der Waals surface area contributed by atoms with Crippen molar-refractivity contribution >= 4 is 29.0 Å². The molecule has 3 N–H and O–H groups in total. The number of nitrogens with two attached hydrogens (primary N) is 1. The molecule has 28 heavy (non-hydrogen) atoms. The number of nitrogens with zero attached hydrogens (tertiary/aromatic N) is 4. The SMILES string of the molecule is CCOc1ccc(Nc2nc(N3C[C@@H](C)O[C@@H](C)C3)nc(N)c2[N+](=O)[O-])cc1. The van der Waals surface area contributed by atoms with Crippen LogP contribution in [-0.4, -0.2) is 46.8 Å². The first-order valence-corrected chi connectivity index (χ1v) is 9.09. The Morgan fingerprint density at radius 1 is 1.29 bits per heavy atom. The number of nitro groups is 1. The van der Waals surface area contributed by atoms with E-state index in [2.05, 4.69) is 15.3 Å². The van der Waals surface area contributed by atoms with E-state index in [1.165, 1.54) is 0 Å². The summed E-state index contributed by atoms with van der Waals surface area (Å²) in [7, 11) is 0. The van der Waals surface area contributed by atoms with Gasteiger partial charge in [0.1, 0.15) is 5.75 Å². The molecule has 2 atom stereocenters. The van der Waals surface area contributed by atoms with Crippen LogP contribution >= 0.6 is 0 Å². The van der Waals surface area contributed by atoms with Gasteiger partial charge in [-0.1, -0.05) is 0 Å². The fraction of sp³-hybridized carbons (Fsp3) is 0.444. The minimum atomic E-state index is -0.583. The van der Waals surface area contributed by atoms with Gasteiger partial charge in [0, 0.05) is 18.8 Å². The van der Waals surface area contributed by atoms with Crippen LogP contribution in [0.15, 0.2) is 24.3 Å². The van der Waals surface area contributed by atoms with E-state index < -0.39 is 4.92 Å². The van der Waals surface area contributed by atoms with Crippen LogP contribution in [0.5, 0.6) is 5.75 Å². The third kappa shape index (κ3) is 4.39. The highest BCUT2D eigenvalue weighted by Gasteiger charge is 2.29. The Morgan fingerprint density at radius 3 is 2.50 bits per heavy atom. The summed E-state index contributed by atoms with van der Waals surface area (Å²) in [5, 5.41) is 14.5. The van der Waals surface area contributed by atoms with Gasteiger partial charge in [-0.15, -0.1) is 0 Å². The number of hydrogen-bond donors (Lipinski definition) is 2. The smallest absolute Gasteiger partial charge is 0.353 e. The van der Waals surface area contributed by atoms with Crippen LogP contribution in [0, 0.1) is 10.1 Å². The van der Waals surface area contributed by atoms with Crippen LogP contribution in [0.3, 0.4) is 0 Å². The molecule has 150 valence electrons. The highest BCUT2D eigenvalue weighted by atomic mass is 16.6. The molecular weight excluding hydrogens is 364 g/mol. The molecule has 0 bridgehead atoms. The third-order valence-corrected chi connectivity index (χ3v) is 4.21. The molecule has 10 nitrogen and oxygen atoms in total. The van der Waals surface area contributed by atoms with Gasteiger partial charge >= 0.3 is 5.69 Å². The minimum absolute atomic E-state index is 0.00807. The predicted octanol–water partition coefficient (Wildman–Crippen LogP) is 2.72. The number of benzene rings is 1. The van der Waals surface area contributed by atoms with Gasteiger partial charge in [-0.3, -0.25) is 10.1 Å². The van der Waals surface area contributed by atoms with E-state index in [0.29, 0.717) is 37.1 Å². The maximum Gasteiger partial charge on any atom is 0.353 e. The lowest BCUT2D eigenvalue weighted by Gasteiger charge is -2.35. The molecule has 1 fully saturated rings. The van der Waals surface area contributed by atoms with Gasteiger partial charge in [-0.05, 0) is 45.0 Å². The monoisotopic (exact) mass is 388 g/mol. The van der Waals surface area contributed by atoms with Crippen molar-refractivity contribution < 1.29 is 14.4 Å². The fourth-order valence-electron chi connectivity index (χ4n) is 3.15. The lowest BCUT2D eigenvalue weighted by atomic mass is 10.2. The summed E-state index contributed by atoms with van der Waals surface area (Å²) in [5.74, 6) is 0.902. The summed E-state index contributed by atoms with van der Waals surface area (Å²) >= 11 is 0. The van der Waals surface area contributed by atoms with Crippen molar-refractivity contribution in [3.8, 4) is 5.75 Å². The first kappa shape index (κ1) is 19.6. The number of nitrogen functional groups attached to an aromatic ring is 1. The molecule has 1 aromatic heterocycles. The molecule has 1 saturated heterocycles. The number of anilines is 4. The van der Waals surface area contributed by atoms with Gasteiger partial charge in [0.05, 0.1) is 23.7 Å². The number of ether oxygens (including phenoxy) is 2. The van der Waals surface area contributed by atoms with Gasteiger partial charge in [-0.2, -0.15) is 9.97 Å². The van der Waals surface area contributed by atoms with Crippen molar-refractivity contribution in [1.82, 2.24) is 9.97 Å². The van der Waals surface area contributed by atoms with Crippen LogP contribution in [-0.2, 0) is 4.74 Å². The number of nitrogens with one attached hydrogen (secondary N) is 1. The van der Waals surface area contributed by atoms with E-state index in [4.69, 9.17) is 15.2 Å². The van der Waals surface area contributed by atoms with E-state index in [9.17, 15) is 10.1 Å². The molecule has 1 aliphatic rings. The van der Waals surface area contributed by atoms with E-state index in [-0.39, 0.29) is 29.5 Å². The van der Waals surface area contributed by atoms with Crippen molar-refractivity contribution in [2.45, 2.75) is 33.0 Å². The van der Waals surface area contributed by atoms with Gasteiger partial charge in [0.2, 0.25) is 17.6 Å². The molecule has 2 heterocycles. The van der Waals surface area contributed by atoms with Crippen LogP contribution in [0.1, 0.15) is 20.8 Å². The highest BCUT2D eigenvalue weighted by molar-refractivity contribution is 5.74. The Morgan fingerprint density at radius 2 is 1.93 bits per heavy atom. The normalized spacial score (nSPS) is 19.3. The Labute approximate surface area is 162 Å². The average Bonchev–Trinajstić information content (AvgIpc) is 2.62. The van der Waals surface area contributed by atoms with E-state index in [1.54, 1.807) is 24.3 Å². The second-order valence-corrected chi connectivity index (χ2v) is 6.61. The highest BCUT2D eigenvalue weighted by Crippen LogP contribution is 2.33. The number of aromatic nitrogens is 2. The Kier molecular flexibility index (Phi) is 5.78. The molecule has 3 rings (SSSR count). The molecule has 0 amide bonds. The third-order valence-electron chi connectivity index (χ3n) is 4.21. The quantitative estimate of drug-likeness (QED) is 0.567. The number of hydrogen-bond acceptors (Lipinski definition) is 9. The Balaban J connectivity index is 1.93. The van der Waals surface area contributed by atoms with Crippen LogP contribution in [0.4, 0.5) is 29.0 Å². The second kappa shape index (κ2) is 8.26. The van der Waals surface area contributed by atoms with E-state index in [1.807, 2.05) is 25.7 Å². The van der Waals surface area contributed by atoms with Crippen LogP contribution < -0.4 is 20.7 Å². The van der Waals surface area contributed by atoms with E-state index in [0.717, 1.165) is 0 Å². The summed E-state index contributed by atoms with van der Waals surface area (Å²) in [4.78, 5) is 21.4. The first-order chi connectivity index (χ1) is 13.4. The topological polar surface area (TPSA) is 129 Å². The fourth-order valence-corrected chi connectivity index (χ4v) is 3.15. The van der Waals surface area contributed by atoms with Gasteiger partial charge in [-0.25, -0.2) is 0 Å². The zero-order chi connectivity index (χ0) is 20.3. The molecule has 0 radical (unpaired) electrons. The summed E-state index contributed by atoms with van der Waals surface area (Å²) in [5.41, 5.74) is 6.18. The van der Waals surface area contributed by atoms with Crippen molar-refractivity contribution in [3.63, 3.8) is 0 Å². The summed E-state index contributed by atoms with van der Waals surface area (Å²) in [6.07, 6.45) is -0.0161. The molecule has 0 unspecified atom stereocenters. The molecular formula is C18H24N6O4. The predicted molar refractivity (Wildman–Crippen MR) is 106 cm³/mol. The number of rotatable bonds is 6. The molecule has 0 saturated carbocycles. The van der Waals surface area contributed by atoms with Crippen molar-refractivity contribution in [2.75, 3.05) is 35.6 Å². The standard InChI is InChI=1S/C18H24N6O4/c1-4-27-14-7-5-13(6-8-14)20-17-15(24(25)26)16(19)21-18(22-17)23-9-11(2)28-12(3)10-23/h5-8,11-12H,4,9-10H2,1-3H3,(H3,19,20,21,22)/t11-,12+. The maximum atomic E-state index is 11.5. The van der Waals surface area contributed by atoms with Crippen molar-refractivity contribution in [1.29, 1.82) is 0 Å². The number of morpholine rings is 1. The molecule has 0 spiro atoms. The van der Waals surface area contributed by atoms with Crippen LogP contribution in [0.25, 0.3) is 0 Å². The zero-order valence-corrected chi connectivity index (χ0v) is 16.1. The van der Waals surface area contributed by atoms with Crippen molar-refractivity contribution in [3.05, 3.63) is 34.4 Å². The molecule has 0 aliphatic carbocycles. The van der Waals surface area contributed by atoms with Crippen LogP contribution in [0.2, 0.25) is 0 Å². The van der Waals surface area contributed by atoms with E-state index >= 15 is 0 Å². The Hall–Kier alpha value is -3.14. The molecule has 1 aliphatic heterocycles. The summed E-state index contributed by atoms with van der Waals surface area (Å²) in [6.45, 7) is 7.51. The summed E-state index contributed by atoms with van der Waals surface area (Å²) in [6, 6.07) is 7.06. The Bertz CT molecular complexity index is 835.